The number of benzene rings is 1. The lowest BCUT2D eigenvalue weighted by Gasteiger charge is -2.17. The van der Waals surface area contributed by atoms with Crippen LogP contribution in [0.2, 0.25) is 0 Å². The maximum atomic E-state index is 12.1. The molecule has 1 aromatic heterocycles. The van der Waals surface area contributed by atoms with Gasteiger partial charge in [0.05, 0.1) is 6.26 Å². The standard InChI is InChI=1S/C16H17F2NO3/c1-19(15(20)9-8-13-3-2-10-21-13)11-12-4-6-14(7-5-12)22-16(17)18/h2-7,10,16H,8-9,11H2,1H3. The van der Waals surface area contributed by atoms with Gasteiger partial charge in [-0.3, -0.25) is 4.79 Å². The quantitative estimate of drug-likeness (QED) is 0.786. The minimum Gasteiger partial charge on any atom is -0.469 e. The summed E-state index contributed by atoms with van der Waals surface area (Å²) in [5.74, 6) is 0.866. The first-order chi connectivity index (χ1) is 10.5. The second kappa shape index (κ2) is 7.59. The third kappa shape index (κ3) is 4.87. The zero-order valence-electron chi connectivity index (χ0n) is 12.2. The molecule has 0 bridgehead atoms. The molecule has 0 aliphatic heterocycles. The van der Waals surface area contributed by atoms with Crippen molar-refractivity contribution in [2.24, 2.45) is 0 Å². The van der Waals surface area contributed by atoms with Gasteiger partial charge in [-0.05, 0) is 29.8 Å². The van der Waals surface area contributed by atoms with E-state index in [4.69, 9.17) is 4.42 Å². The number of hydrogen-bond donors (Lipinski definition) is 0. The Morgan fingerprint density at radius 1 is 1.27 bits per heavy atom. The van der Waals surface area contributed by atoms with Gasteiger partial charge in [0.1, 0.15) is 11.5 Å². The monoisotopic (exact) mass is 309 g/mol. The smallest absolute Gasteiger partial charge is 0.387 e. The van der Waals surface area contributed by atoms with Gasteiger partial charge in [0, 0.05) is 26.4 Å². The number of hydrogen-bond acceptors (Lipinski definition) is 3. The molecule has 0 saturated heterocycles. The summed E-state index contributed by atoms with van der Waals surface area (Å²) in [4.78, 5) is 13.6. The van der Waals surface area contributed by atoms with Crippen LogP contribution in [-0.4, -0.2) is 24.5 Å². The van der Waals surface area contributed by atoms with Crippen LogP contribution < -0.4 is 4.74 Å². The topological polar surface area (TPSA) is 42.7 Å². The Hall–Kier alpha value is -2.37. The predicted octanol–water partition coefficient (Wildman–Crippen LogP) is 3.47. The highest BCUT2D eigenvalue weighted by Crippen LogP contribution is 2.16. The summed E-state index contributed by atoms with van der Waals surface area (Å²) in [7, 11) is 1.70. The highest BCUT2D eigenvalue weighted by Gasteiger charge is 2.11. The lowest BCUT2D eigenvalue weighted by Crippen LogP contribution is -2.26. The van der Waals surface area contributed by atoms with Crippen LogP contribution >= 0.6 is 0 Å². The van der Waals surface area contributed by atoms with Crippen molar-refractivity contribution in [3.63, 3.8) is 0 Å². The number of carbonyl (C=O) groups excluding carboxylic acids is 1. The fourth-order valence-corrected chi connectivity index (χ4v) is 2.01. The summed E-state index contributed by atoms with van der Waals surface area (Å²) in [6.07, 6.45) is 2.49. The first-order valence-electron chi connectivity index (χ1n) is 6.84. The molecule has 0 N–H and O–H groups in total. The normalized spacial score (nSPS) is 10.7. The van der Waals surface area contributed by atoms with Gasteiger partial charge in [-0.15, -0.1) is 0 Å². The van der Waals surface area contributed by atoms with Gasteiger partial charge in [0.2, 0.25) is 5.91 Å². The van der Waals surface area contributed by atoms with Crippen molar-refractivity contribution >= 4 is 5.91 Å². The molecule has 2 rings (SSSR count). The van der Waals surface area contributed by atoms with Crippen LogP contribution in [0.25, 0.3) is 0 Å². The van der Waals surface area contributed by atoms with Crippen LogP contribution in [0.4, 0.5) is 8.78 Å². The number of carbonyl (C=O) groups is 1. The minimum absolute atomic E-state index is 0.00990. The maximum absolute atomic E-state index is 12.1. The highest BCUT2D eigenvalue weighted by molar-refractivity contribution is 5.76. The molecular weight excluding hydrogens is 292 g/mol. The molecule has 1 aromatic carbocycles. The lowest BCUT2D eigenvalue weighted by molar-refractivity contribution is -0.130. The number of amides is 1. The molecule has 118 valence electrons. The van der Waals surface area contributed by atoms with Crippen LogP contribution in [0.15, 0.2) is 47.1 Å². The van der Waals surface area contributed by atoms with Gasteiger partial charge >= 0.3 is 6.61 Å². The fraction of sp³-hybridized carbons (Fsp3) is 0.312. The molecule has 0 saturated carbocycles. The van der Waals surface area contributed by atoms with Crippen LogP contribution in [0.1, 0.15) is 17.7 Å². The summed E-state index contributed by atoms with van der Waals surface area (Å²) in [6, 6.07) is 9.86. The molecule has 0 spiro atoms. The van der Waals surface area contributed by atoms with Crippen molar-refractivity contribution in [3.8, 4) is 5.75 Å². The Morgan fingerprint density at radius 3 is 2.59 bits per heavy atom. The third-order valence-corrected chi connectivity index (χ3v) is 3.16. The molecule has 0 atom stereocenters. The summed E-state index contributed by atoms with van der Waals surface area (Å²) in [5, 5.41) is 0. The Bertz CT molecular complexity index is 582. The SMILES string of the molecule is CN(Cc1ccc(OC(F)F)cc1)C(=O)CCc1ccco1. The first kappa shape index (κ1) is 16.0. The number of alkyl halides is 2. The average Bonchev–Trinajstić information content (AvgIpc) is 2.99. The van der Waals surface area contributed by atoms with Crippen molar-refractivity contribution in [1.82, 2.24) is 4.90 Å². The predicted molar refractivity (Wildman–Crippen MR) is 76.6 cm³/mol. The van der Waals surface area contributed by atoms with E-state index < -0.39 is 6.61 Å². The van der Waals surface area contributed by atoms with Crippen LogP contribution in [0, 0.1) is 0 Å². The zero-order chi connectivity index (χ0) is 15.9. The third-order valence-electron chi connectivity index (χ3n) is 3.16. The average molecular weight is 309 g/mol. The van der Waals surface area contributed by atoms with Crippen molar-refractivity contribution in [1.29, 1.82) is 0 Å². The fourth-order valence-electron chi connectivity index (χ4n) is 2.01. The number of halogens is 2. The molecule has 0 radical (unpaired) electrons. The van der Waals surface area contributed by atoms with Gasteiger partial charge in [-0.25, -0.2) is 0 Å². The van der Waals surface area contributed by atoms with Crippen molar-refractivity contribution in [2.75, 3.05) is 7.05 Å². The summed E-state index contributed by atoms with van der Waals surface area (Å²) >= 11 is 0. The van der Waals surface area contributed by atoms with E-state index in [1.54, 1.807) is 36.4 Å². The van der Waals surface area contributed by atoms with Gasteiger partial charge < -0.3 is 14.1 Å². The van der Waals surface area contributed by atoms with Crippen LogP contribution in [0.5, 0.6) is 5.75 Å². The molecule has 1 heterocycles. The minimum atomic E-state index is -2.84. The van der Waals surface area contributed by atoms with Crippen LogP contribution in [0.3, 0.4) is 0 Å². The van der Waals surface area contributed by atoms with Crippen LogP contribution in [-0.2, 0) is 17.8 Å². The van der Waals surface area contributed by atoms with Crippen molar-refractivity contribution in [3.05, 3.63) is 54.0 Å². The second-order valence-corrected chi connectivity index (χ2v) is 4.85. The molecule has 0 aliphatic carbocycles. The van der Waals surface area contributed by atoms with E-state index in [-0.39, 0.29) is 11.7 Å². The lowest BCUT2D eigenvalue weighted by atomic mass is 10.2. The molecule has 2 aromatic rings. The van der Waals surface area contributed by atoms with E-state index in [1.165, 1.54) is 12.1 Å². The van der Waals surface area contributed by atoms with E-state index in [0.29, 0.717) is 19.4 Å². The maximum Gasteiger partial charge on any atom is 0.387 e. The van der Waals surface area contributed by atoms with E-state index in [2.05, 4.69) is 4.74 Å². The van der Waals surface area contributed by atoms with E-state index in [1.807, 2.05) is 6.07 Å². The molecule has 0 unspecified atom stereocenters. The molecule has 4 nitrogen and oxygen atoms in total. The Kier molecular flexibility index (Phi) is 5.52. The summed E-state index contributed by atoms with van der Waals surface area (Å²) in [5.41, 5.74) is 0.843. The highest BCUT2D eigenvalue weighted by atomic mass is 19.3. The number of nitrogens with zero attached hydrogens (tertiary/aromatic N) is 1. The van der Waals surface area contributed by atoms with Crippen molar-refractivity contribution in [2.45, 2.75) is 26.0 Å². The van der Waals surface area contributed by atoms with Gasteiger partial charge in [0.25, 0.3) is 0 Å². The first-order valence-corrected chi connectivity index (χ1v) is 6.84. The van der Waals surface area contributed by atoms with Gasteiger partial charge in [0.15, 0.2) is 0 Å². The number of rotatable bonds is 7. The number of ether oxygens (including phenoxy) is 1. The zero-order valence-corrected chi connectivity index (χ0v) is 12.2. The van der Waals surface area contributed by atoms with Gasteiger partial charge in [-0.1, -0.05) is 12.1 Å². The molecule has 0 aliphatic rings. The molecule has 0 fully saturated rings. The van der Waals surface area contributed by atoms with Gasteiger partial charge in [-0.2, -0.15) is 8.78 Å². The summed E-state index contributed by atoms with van der Waals surface area (Å²) < 4.78 is 33.6. The van der Waals surface area contributed by atoms with E-state index >= 15 is 0 Å². The van der Waals surface area contributed by atoms with Crippen molar-refractivity contribution < 1.29 is 22.7 Å². The summed E-state index contributed by atoms with van der Waals surface area (Å²) in [6.45, 7) is -2.43. The van der Waals surface area contributed by atoms with E-state index in [0.717, 1.165) is 11.3 Å². The molecular formula is C16H17F2NO3. The number of furan rings is 1. The largest absolute Gasteiger partial charge is 0.469 e. The molecule has 1 amide bonds. The Labute approximate surface area is 127 Å². The second-order valence-electron chi connectivity index (χ2n) is 4.85. The van der Waals surface area contributed by atoms with E-state index in [9.17, 15) is 13.6 Å². The molecule has 22 heavy (non-hydrogen) atoms. The number of aryl methyl sites for hydroxylation is 1. The Morgan fingerprint density at radius 2 is 2.00 bits per heavy atom. The Balaban J connectivity index is 1.82. The molecule has 6 heteroatoms.